The summed E-state index contributed by atoms with van der Waals surface area (Å²) in [4.78, 5) is 11.9. The zero-order chi connectivity index (χ0) is 13.0. The largest absolute Gasteiger partial charge is 0.379 e. The fraction of sp³-hybridized carbons (Fsp3) is 0.636. The molecule has 0 spiro atoms. The van der Waals surface area contributed by atoms with Gasteiger partial charge in [0.15, 0.2) is 0 Å². The van der Waals surface area contributed by atoms with E-state index < -0.39 is 0 Å². The molecule has 0 saturated carbocycles. The van der Waals surface area contributed by atoms with Crippen molar-refractivity contribution in [3.63, 3.8) is 0 Å². The highest BCUT2D eigenvalue weighted by Gasteiger charge is 2.12. The lowest BCUT2D eigenvalue weighted by Gasteiger charge is -2.16. The number of rotatable bonds is 5. The molecule has 1 rings (SSSR count). The van der Waals surface area contributed by atoms with E-state index in [2.05, 4.69) is 10.4 Å². The number of thioether (sulfide) groups is 1. The number of hydrogen-bond acceptors (Lipinski definition) is 4. The molecule has 4 nitrogen and oxygen atoms in total. The lowest BCUT2D eigenvalue weighted by Crippen LogP contribution is -2.27. The lowest BCUT2D eigenvalue weighted by atomic mass is 10.3. The number of anilines is 1. The van der Waals surface area contributed by atoms with Crippen molar-refractivity contribution < 1.29 is 0 Å². The minimum absolute atomic E-state index is 0.0117. The molecular formula is C11H18ClN3OS. The zero-order valence-corrected chi connectivity index (χ0v) is 12.1. The second-order valence-corrected chi connectivity index (χ2v) is 5.51. The van der Waals surface area contributed by atoms with E-state index in [1.165, 1.54) is 4.68 Å². The van der Waals surface area contributed by atoms with E-state index in [9.17, 15) is 4.79 Å². The Morgan fingerprint density at radius 3 is 2.71 bits per heavy atom. The van der Waals surface area contributed by atoms with Crippen LogP contribution in [0.5, 0.6) is 0 Å². The summed E-state index contributed by atoms with van der Waals surface area (Å²) in [5.41, 5.74) is 0.359. The molecule has 0 bridgehead atoms. The highest BCUT2D eigenvalue weighted by atomic mass is 35.5. The van der Waals surface area contributed by atoms with Gasteiger partial charge in [-0.05, 0) is 27.0 Å². The molecule has 1 aromatic rings. The number of halogens is 1. The Bertz CT molecular complexity index is 433. The summed E-state index contributed by atoms with van der Waals surface area (Å²) >= 11 is 7.78. The van der Waals surface area contributed by atoms with Gasteiger partial charge < -0.3 is 5.32 Å². The Balaban J connectivity index is 2.97. The lowest BCUT2D eigenvalue weighted by molar-refractivity contribution is 0.503. The van der Waals surface area contributed by atoms with Crippen molar-refractivity contribution in [2.75, 3.05) is 17.3 Å². The maximum atomic E-state index is 11.9. The van der Waals surface area contributed by atoms with Gasteiger partial charge in [-0.2, -0.15) is 16.9 Å². The minimum atomic E-state index is -0.247. The first kappa shape index (κ1) is 14.4. The van der Waals surface area contributed by atoms with Crippen molar-refractivity contribution in [3.05, 3.63) is 21.6 Å². The molecule has 1 N–H and O–H groups in total. The second-order valence-electron chi connectivity index (χ2n) is 4.22. The van der Waals surface area contributed by atoms with Gasteiger partial charge in [0.1, 0.15) is 5.02 Å². The van der Waals surface area contributed by atoms with Crippen molar-refractivity contribution in [2.45, 2.75) is 32.9 Å². The summed E-state index contributed by atoms with van der Waals surface area (Å²) in [6.07, 6.45) is 3.65. The molecule has 1 heterocycles. The molecular weight excluding hydrogens is 258 g/mol. The van der Waals surface area contributed by atoms with E-state index in [1.54, 1.807) is 18.0 Å². The Hall–Kier alpha value is -0.680. The molecule has 0 aliphatic rings. The van der Waals surface area contributed by atoms with Crippen molar-refractivity contribution in [1.29, 1.82) is 0 Å². The first-order valence-corrected chi connectivity index (χ1v) is 7.27. The molecule has 17 heavy (non-hydrogen) atoms. The molecule has 96 valence electrons. The van der Waals surface area contributed by atoms with E-state index >= 15 is 0 Å². The van der Waals surface area contributed by atoms with E-state index in [0.717, 1.165) is 5.75 Å². The van der Waals surface area contributed by atoms with Crippen molar-refractivity contribution in [2.24, 2.45) is 0 Å². The van der Waals surface area contributed by atoms with Crippen LogP contribution in [0, 0.1) is 0 Å². The first-order valence-electron chi connectivity index (χ1n) is 5.50. The van der Waals surface area contributed by atoms with Gasteiger partial charge in [0.2, 0.25) is 0 Å². The monoisotopic (exact) mass is 275 g/mol. The molecule has 0 amide bonds. The summed E-state index contributed by atoms with van der Waals surface area (Å²) < 4.78 is 1.38. The average Bonchev–Trinajstić information content (AvgIpc) is 2.25. The van der Waals surface area contributed by atoms with Crippen LogP contribution in [0.1, 0.15) is 26.8 Å². The van der Waals surface area contributed by atoms with Crippen molar-refractivity contribution in [1.82, 2.24) is 9.78 Å². The van der Waals surface area contributed by atoms with Gasteiger partial charge >= 0.3 is 0 Å². The maximum Gasteiger partial charge on any atom is 0.287 e. The molecule has 0 aliphatic heterocycles. The van der Waals surface area contributed by atoms with Gasteiger partial charge in [-0.1, -0.05) is 11.6 Å². The zero-order valence-electron chi connectivity index (χ0n) is 10.5. The SMILES string of the molecule is CSCC(C)Nc1cnn(C(C)C)c(=O)c1Cl. The minimum Gasteiger partial charge on any atom is -0.379 e. The topological polar surface area (TPSA) is 46.9 Å². The average molecular weight is 276 g/mol. The van der Waals surface area contributed by atoms with Crippen LogP contribution in [0.4, 0.5) is 5.69 Å². The summed E-state index contributed by atoms with van der Waals surface area (Å²) in [5, 5.41) is 7.50. The van der Waals surface area contributed by atoms with E-state index in [4.69, 9.17) is 11.6 Å². The predicted molar refractivity (Wildman–Crippen MR) is 75.4 cm³/mol. The Labute approximate surface area is 111 Å². The highest BCUT2D eigenvalue weighted by Crippen LogP contribution is 2.18. The van der Waals surface area contributed by atoms with Crippen molar-refractivity contribution in [3.8, 4) is 0 Å². The van der Waals surface area contributed by atoms with Gasteiger partial charge in [-0.3, -0.25) is 4.79 Å². The predicted octanol–water partition coefficient (Wildman–Crippen LogP) is 2.64. The third-order valence-electron chi connectivity index (χ3n) is 2.25. The van der Waals surface area contributed by atoms with Gasteiger partial charge in [-0.25, -0.2) is 4.68 Å². The third-order valence-corrected chi connectivity index (χ3v) is 3.45. The molecule has 0 aliphatic carbocycles. The second kappa shape index (κ2) is 6.31. The van der Waals surface area contributed by atoms with Crippen LogP contribution >= 0.6 is 23.4 Å². The Morgan fingerprint density at radius 1 is 1.53 bits per heavy atom. The Kier molecular flexibility index (Phi) is 5.33. The molecule has 1 atom stereocenters. The van der Waals surface area contributed by atoms with Crippen LogP contribution in [-0.2, 0) is 0 Å². The summed E-state index contributed by atoms with van der Waals surface area (Å²) in [7, 11) is 0. The fourth-order valence-electron chi connectivity index (χ4n) is 1.47. The number of aromatic nitrogens is 2. The standard InChI is InChI=1S/C11H18ClN3OS/c1-7(2)15-11(16)10(12)9(5-13-15)14-8(3)6-17-4/h5,7-8,14H,6H2,1-4H3. The molecule has 0 radical (unpaired) electrons. The molecule has 0 fully saturated rings. The van der Waals surface area contributed by atoms with Crippen LogP contribution in [0.25, 0.3) is 0 Å². The number of nitrogens with one attached hydrogen (secondary N) is 1. The van der Waals surface area contributed by atoms with E-state index in [0.29, 0.717) is 5.69 Å². The van der Waals surface area contributed by atoms with E-state index in [-0.39, 0.29) is 22.7 Å². The molecule has 6 heteroatoms. The first-order chi connectivity index (χ1) is 7.97. The van der Waals surface area contributed by atoms with Gasteiger partial charge in [0.05, 0.1) is 17.9 Å². The van der Waals surface area contributed by atoms with Crippen LogP contribution in [0.3, 0.4) is 0 Å². The van der Waals surface area contributed by atoms with Crippen LogP contribution in [0.2, 0.25) is 5.02 Å². The highest BCUT2D eigenvalue weighted by molar-refractivity contribution is 7.98. The fourth-order valence-corrected chi connectivity index (χ4v) is 2.24. The number of hydrogen-bond donors (Lipinski definition) is 1. The molecule has 0 aromatic carbocycles. The number of nitrogens with zero attached hydrogens (tertiary/aromatic N) is 2. The van der Waals surface area contributed by atoms with E-state index in [1.807, 2.05) is 27.0 Å². The van der Waals surface area contributed by atoms with Crippen molar-refractivity contribution >= 4 is 29.1 Å². The quantitative estimate of drug-likeness (QED) is 0.897. The van der Waals surface area contributed by atoms with Gasteiger partial charge in [0.25, 0.3) is 5.56 Å². The smallest absolute Gasteiger partial charge is 0.287 e. The molecule has 1 aromatic heterocycles. The maximum absolute atomic E-state index is 11.9. The summed E-state index contributed by atoms with van der Waals surface area (Å²) in [6.45, 7) is 5.84. The van der Waals surface area contributed by atoms with Crippen LogP contribution in [0.15, 0.2) is 11.0 Å². The van der Waals surface area contributed by atoms with Gasteiger partial charge in [-0.15, -0.1) is 0 Å². The van der Waals surface area contributed by atoms with Crippen LogP contribution < -0.4 is 10.9 Å². The third kappa shape index (κ3) is 3.64. The normalized spacial score (nSPS) is 12.8. The summed E-state index contributed by atoms with van der Waals surface area (Å²) in [5.74, 6) is 0.948. The van der Waals surface area contributed by atoms with Gasteiger partial charge in [0, 0.05) is 11.8 Å². The molecule has 0 saturated heterocycles. The van der Waals surface area contributed by atoms with Crippen LogP contribution in [-0.4, -0.2) is 27.8 Å². The Morgan fingerprint density at radius 2 is 2.18 bits per heavy atom. The molecule has 1 unspecified atom stereocenters. The summed E-state index contributed by atoms with van der Waals surface area (Å²) in [6, 6.07) is 0.260.